The first-order valence-corrected chi connectivity index (χ1v) is 7.44. The Labute approximate surface area is 122 Å². The third kappa shape index (κ3) is 3.07. The first-order valence-electron chi connectivity index (χ1n) is 6.62. The van der Waals surface area contributed by atoms with Gasteiger partial charge < -0.3 is 4.90 Å². The molecule has 0 bridgehead atoms. The standard InChI is InChI=1S/C16H18FNOS/c1-4-18(15-8-6-5-7-14(15)17)10-16(19)13-9-11(2)20-12(13)3/h5-9H,4,10H2,1-3H3. The van der Waals surface area contributed by atoms with Crippen LogP contribution in [0.1, 0.15) is 27.0 Å². The van der Waals surface area contributed by atoms with Crippen LogP contribution < -0.4 is 4.90 Å². The Balaban J connectivity index is 2.21. The minimum Gasteiger partial charge on any atom is -0.362 e. The van der Waals surface area contributed by atoms with Crippen LogP contribution in [0.4, 0.5) is 10.1 Å². The molecule has 0 aliphatic rings. The number of nitrogens with zero attached hydrogens (tertiary/aromatic N) is 1. The van der Waals surface area contributed by atoms with Crippen LogP contribution in [0.2, 0.25) is 0 Å². The van der Waals surface area contributed by atoms with E-state index < -0.39 is 0 Å². The van der Waals surface area contributed by atoms with Crippen LogP contribution in [-0.4, -0.2) is 18.9 Å². The molecule has 1 aromatic carbocycles. The fourth-order valence-corrected chi connectivity index (χ4v) is 3.18. The number of ketones is 1. The summed E-state index contributed by atoms with van der Waals surface area (Å²) in [5.41, 5.74) is 1.23. The minimum absolute atomic E-state index is 0.0388. The lowest BCUT2D eigenvalue weighted by Gasteiger charge is -2.22. The van der Waals surface area contributed by atoms with Gasteiger partial charge in [0.15, 0.2) is 5.78 Å². The number of hydrogen-bond acceptors (Lipinski definition) is 3. The van der Waals surface area contributed by atoms with Gasteiger partial charge in [-0.1, -0.05) is 12.1 Å². The number of anilines is 1. The summed E-state index contributed by atoms with van der Waals surface area (Å²) >= 11 is 1.62. The number of carbonyl (C=O) groups is 1. The first kappa shape index (κ1) is 14.7. The Morgan fingerprint density at radius 1 is 1.30 bits per heavy atom. The maximum Gasteiger partial charge on any atom is 0.183 e. The second kappa shape index (κ2) is 6.18. The summed E-state index contributed by atoms with van der Waals surface area (Å²) in [4.78, 5) is 16.3. The van der Waals surface area contributed by atoms with Crippen LogP contribution in [0.15, 0.2) is 30.3 Å². The molecule has 0 saturated heterocycles. The summed E-state index contributed by atoms with van der Waals surface area (Å²) in [6.07, 6.45) is 0. The van der Waals surface area contributed by atoms with Gasteiger partial charge in [0.05, 0.1) is 12.2 Å². The molecule has 2 rings (SSSR count). The zero-order valence-electron chi connectivity index (χ0n) is 11.9. The van der Waals surface area contributed by atoms with E-state index in [0.29, 0.717) is 12.2 Å². The van der Waals surface area contributed by atoms with E-state index in [9.17, 15) is 9.18 Å². The summed E-state index contributed by atoms with van der Waals surface area (Å²) in [5.74, 6) is -0.252. The minimum atomic E-state index is -0.291. The van der Waals surface area contributed by atoms with E-state index in [1.54, 1.807) is 34.4 Å². The molecule has 0 N–H and O–H groups in total. The Kier molecular flexibility index (Phi) is 4.55. The fourth-order valence-electron chi connectivity index (χ4n) is 2.24. The van der Waals surface area contributed by atoms with E-state index in [1.165, 1.54) is 6.07 Å². The summed E-state index contributed by atoms with van der Waals surface area (Å²) in [7, 11) is 0. The van der Waals surface area contributed by atoms with Gasteiger partial charge in [-0.05, 0) is 39.0 Å². The summed E-state index contributed by atoms with van der Waals surface area (Å²) in [6, 6.07) is 8.48. The van der Waals surface area contributed by atoms with Crippen molar-refractivity contribution in [1.29, 1.82) is 0 Å². The molecule has 20 heavy (non-hydrogen) atoms. The molecule has 0 atom stereocenters. The molecule has 0 spiro atoms. The summed E-state index contributed by atoms with van der Waals surface area (Å²) in [5, 5.41) is 0. The Morgan fingerprint density at radius 3 is 2.55 bits per heavy atom. The van der Waals surface area contributed by atoms with Gasteiger partial charge in [-0.2, -0.15) is 0 Å². The molecule has 4 heteroatoms. The molecule has 0 fully saturated rings. The summed E-state index contributed by atoms with van der Waals surface area (Å²) in [6.45, 7) is 6.65. The monoisotopic (exact) mass is 291 g/mol. The highest BCUT2D eigenvalue weighted by molar-refractivity contribution is 7.12. The van der Waals surface area contributed by atoms with Crippen molar-refractivity contribution in [3.8, 4) is 0 Å². The van der Waals surface area contributed by atoms with Gasteiger partial charge in [-0.25, -0.2) is 4.39 Å². The van der Waals surface area contributed by atoms with Crippen molar-refractivity contribution in [2.45, 2.75) is 20.8 Å². The molecule has 106 valence electrons. The van der Waals surface area contributed by atoms with Gasteiger partial charge in [-0.3, -0.25) is 4.79 Å². The molecule has 1 aromatic heterocycles. The SMILES string of the molecule is CCN(CC(=O)c1cc(C)sc1C)c1ccccc1F. The van der Waals surface area contributed by atoms with Crippen molar-refractivity contribution in [3.63, 3.8) is 0 Å². The number of rotatable bonds is 5. The van der Waals surface area contributed by atoms with Gasteiger partial charge in [0, 0.05) is 21.9 Å². The molecular formula is C16H18FNOS. The average molecular weight is 291 g/mol. The predicted molar refractivity (Wildman–Crippen MR) is 82.4 cm³/mol. The number of likely N-dealkylation sites (N-methyl/N-ethyl adjacent to an activating group) is 1. The molecule has 2 nitrogen and oxygen atoms in total. The summed E-state index contributed by atoms with van der Waals surface area (Å²) < 4.78 is 13.8. The lowest BCUT2D eigenvalue weighted by Crippen LogP contribution is -2.30. The normalized spacial score (nSPS) is 10.6. The molecule has 0 saturated carbocycles. The van der Waals surface area contributed by atoms with E-state index >= 15 is 0 Å². The van der Waals surface area contributed by atoms with Gasteiger partial charge in [0.25, 0.3) is 0 Å². The highest BCUT2D eigenvalue weighted by Gasteiger charge is 2.17. The highest BCUT2D eigenvalue weighted by Crippen LogP contribution is 2.23. The van der Waals surface area contributed by atoms with Crippen LogP contribution in [0, 0.1) is 19.7 Å². The number of aryl methyl sites for hydroxylation is 2. The van der Waals surface area contributed by atoms with Gasteiger partial charge in [0.1, 0.15) is 5.82 Å². The van der Waals surface area contributed by atoms with Gasteiger partial charge in [0.2, 0.25) is 0 Å². The fraction of sp³-hybridized carbons (Fsp3) is 0.312. The lowest BCUT2D eigenvalue weighted by atomic mass is 10.1. The number of thiophene rings is 1. The molecule has 0 aliphatic carbocycles. The number of Topliss-reactive ketones (excluding diaryl/α,β-unsaturated/α-hetero) is 1. The van der Waals surface area contributed by atoms with Crippen LogP contribution in [0.3, 0.4) is 0 Å². The molecule has 0 unspecified atom stereocenters. The van der Waals surface area contributed by atoms with Crippen molar-refractivity contribution in [2.75, 3.05) is 18.0 Å². The third-order valence-corrected chi connectivity index (χ3v) is 4.22. The maximum atomic E-state index is 13.8. The molecule has 0 aliphatic heterocycles. The van der Waals surface area contributed by atoms with E-state index in [1.807, 2.05) is 26.8 Å². The lowest BCUT2D eigenvalue weighted by molar-refractivity contribution is 0.0999. The second-order valence-corrected chi connectivity index (χ2v) is 6.18. The first-order chi connectivity index (χ1) is 9.52. The second-order valence-electron chi connectivity index (χ2n) is 4.72. The van der Waals surface area contributed by atoms with E-state index in [-0.39, 0.29) is 18.1 Å². The van der Waals surface area contributed by atoms with Gasteiger partial charge in [-0.15, -0.1) is 11.3 Å². The van der Waals surface area contributed by atoms with Crippen molar-refractivity contribution in [3.05, 3.63) is 51.5 Å². The Hall–Kier alpha value is -1.68. The predicted octanol–water partition coefficient (Wildman–Crippen LogP) is 4.21. The number of hydrogen-bond donors (Lipinski definition) is 0. The van der Waals surface area contributed by atoms with E-state index in [0.717, 1.165) is 15.3 Å². The average Bonchev–Trinajstić information content (AvgIpc) is 2.76. The van der Waals surface area contributed by atoms with Crippen molar-refractivity contribution in [2.24, 2.45) is 0 Å². The smallest absolute Gasteiger partial charge is 0.183 e. The van der Waals surface area contributed by atoms with Crippen molar-refractivity contribution >= 4 is 22.8 Å². The Morgan fingerprint density at radius 2 is 2.00 bits per heavy atom. The molecule has 2 aromatic rings. The zero-order valence-corrected chi connectivity index (χ0v) is 12.8. The molecule has 0 amide bonds. The number of carbonyl (C=O) groups excluding carboxylic acids is 1. The van der Waals surface area contributed by atoms with Gasteiger partial charge >= 0.3 is 0 Å². The molecule has 0 radical (unpaired) electrons. The topological polar surface area (TPSA) is 20.3 Å². The zero-order chi connectivity index (χ0) is 14.7. The number of halogens is 1. The van der Waals surface area contributed by atoms with Crippen molar-refractivity contribution < 1.29 is 9.18 Å². The van der Waals surface area contributed by atoms with Crippen molar-refractivity contribution in [1.82, 2.24) is 0 Å². The molecule has 1 heterocycles. The van der Waals surface area contributed by atoms with Crippen LogP contribution in [0.25, 0.3) is 0 Å². The van der Waals surface area contributed by atoms with Crippen LogP contribution in [0.5, 0.6) is 0 Å². The maximum absolute atomic E-state index is 13.8. The Bertz CT molecular complexity index is 621. The quantitative estimate of drug-likeness (QED) is 0.769. The van der Waals surface area contributed by atoms with Crippen LogP contribution in [-0.2, 0) is 0 Å². The largest absolute Gasteiger partial charge is 0.362 e. The van der Waals surface area contributed by atoms with E-state index in [2.05, 4.69) is 0 Å². The highest BCUT2D eigenvalue weighted by atomic mass is 32.1. The third-order valence-electron chi connectivity index (χ3n) is 3.25. The number of para-hydroxylation sites is 1. The molecular weight excluding hydrogens is 273 g/mol. The van der Waals surface area contributed by atoms with E-state index in [4.69, 9.17) is 0 Å². The van der Waals surface area contributed by atoms with Crippen LogP contribution >= 0.6 is 11.3 Å². The number of benzene rings is 1.